The highest BCUT2D eigenvalue weighted by atomic mass is 16.6. The predicted octanol–water partition coefficient (Wildman–Crippen LogP) is 1.55. The fraction of sp³-hybridized carbons (Fsp3) is 0.812. The smallest absolute Gasteiger partial charge is 0.306 e. The average molecular weight is 300 g/mol. The Labute approximate surface area is 126 Å². The molecule has 0 aromatic heterocycles. The lowest BCUT2D eigenvalue weighted by molar-refractivity contribution is -0.165. The molecule has 1 aliphatic rings. The second-order valence-corrected chi connectivity index (χ2v) is 6.03. The normalized spacial score (nSPS) is 29.7. The van der Waals surface area contributed by atoms with Gasteiger partial charge in [0.2, 0.25) is 0 Å². The monoisotopic (exact) mass is 300 g/mol. The van der Waals surface area contributed by atoms with Gasteiger partial charge >= 0.3 is 5.97 Å². The fourth-order valence-corrected chi connectivity index (χ4v) is 2.47. The number of esters is 1. The number of allylic oxidation sites excluding steroid dienone is 2. The van der Waals surface area contributed by atoms with Gasteiger partial charge in [-0.1, -0.05) is 25.5 Å². The number of cyclic esters (lactones) is 1. The maximum atomic E-state index is 11.8. The summed E-state index contributed by atoms with van der Waals surface area (Å²) in [6.07, 6.45) is 3.80. The summed E-state index contributed by atoms with van der Waals surface area (Å²) in [5.74, 6) is 0.158. The minimum Gasteiger partial charge on any atom is -0.459 e. The van der Waals surface area contributed by atoms with Gasteiger partial charge in [0.1, 0.15) is 18.3 Å². The van der Waals surface area contributed by atoms with E-state index in [0.717, 1.165) is 19.3 Å². The van der Waals surface area contributed by atoms with Crippen LogP contribution in [0.2, 0.25) is 0 Å². The van der Waals surface area contributed by atoms with E-state index in [0.29, 0.717) is 18.8 Å². The molecule has 0 spiro atoms. The van der Waals surface area contributed by atoms with E-state index in [1.807, 2.05) is 6.08 Å². The van der Waals surface area contributed by atoms with Gasteiger partial charge in [-0.2, -0.15) is 0 Å². The number of ether oxygens (including phenoxy) is 1. The predicted molar refractivity (Wildman–Crippen MR) is 79.6 cm³/mol. The van der Waals surface area contributed by atoms with Crippen LogP contribution in [-0.4, -0.2) is 45.7 Å². The van der Waals surface area contributed by atoms with Crippen LogP contribution in [0.4, 0.5) is 0 Å². The Morgan fingerprint density at radius 2 is 1.95 bits per heavy atom. The van der Waals surface area contributed by atoms with Gasteiger partial charge in [0.05, 0.1) is 6.10 Å². The summed E-state index contributed by atoms with van der Waals surface area (Å²) in [6.45, 7) is 3.57. The van der Waals surface area contributed by atoms with Crippen LogP contribution in [0.25, 0.3) is 0 Å². The number of rotatable bonds is 3. The molecular weight excluding hydrogens is 272 g/mol. The number of hydrogen-bond donors (Lipinski definition) is 3. The Morgan fingerprint density at radius 3 is 2.62 bits per heavy atom. The fourth-order valence-electron chi connectivity index (χ4n) is 2.47. The molecular formula is C16H28O5. The molecule has 1 heterocycles. The quantitative estimate of drug-likeness (QED) is 0.544. The molecule has 5 atom stereocenters. The van der Waals surface area contributed by atoms with Crippen molar-refractivity contribution < 1.29 is 24.9 Å². The lowest BCUT2D eigenvalue weighted by Gasteiger charge is -2.28. The highest BCUT2D eigenvalue weighted by Crippen LogP contribution is 2.20. The average Bonchev–Trinajstić information content (AvgIpc) is 2.42. The maximum Gasteiger partial charge on any atom is 0.306 e. The number of carbonyl (C=O) groups excluding carboxylic acids is 1. The van der Waals surface area contributed by atoms with Crippen LogP contribution in [0.1, 0.15) is 52.4 Å². The van der Waals surface area contributed by atoms with E-state index >= 15 is 0 Å². The highest BCUT2D eigenvalue weighted by molar-refractivity contribution is 5.69. The number of hydrogen-bond acceptors (Lipinski definition) is 5. The van der Waals surface area contributed by atoms with Crippen LogP contribution < -0.4 is 0 Å². The number of carbonyl (C=O) groups is 1. The summed E-state index contributed by atoms with van der Waals surface area (Å²) in [7, 11) is 0. The topological polar surface area (TPSA) is 87.0 Å². The molecule has 0 aromatic rings. The van der Waals surface area contributed by atoms with Gasteiger partial charge in [0.25, 0.3) is 0 Å². The molecule has 0 bridgehead atoms. The molecule has 5 unspecified atom stereocenters. The molecule has 0 radical (unpaired) electrons. The van der Waals surface area contributed by atoms with Crippen molar-refractivity contribution in [1.29, 1.82) is 0 Å². The molecule has 3 N–H and O–H groups in total. The molecule has 0 aromatic carbocycles. The standard InChI is InChI=1S/C16H28O5/c1-11-7-4-3-5-10-14(18)21-13(9-6-8-11)16(20)15(19)12(2)17/h3-4,11-13,15-17,19-20H,5-10H2,1-2H3. The molecule has 122 valence electrons. The van der Waals surface area contributed by atoms with Crippen molar-refractivity contribution in [1.82, 2.24) is 0 Å². The maximum absolute atomic E-state index is 11.8. The van der Waals surface area contributed by atoms with Crippen LogP contribution in [0, 0.1) is 5.92 Å². The Hall–Kier alpha value is -0.910. The third kappa shape index (κ3) is 6.59. The van der Waals surface area contributed by atoms with Crippen LogP contribution >= 0.6 is 0 Å². The van der Waals surface area contributed by atoms with Crippen molar-refractivity contribution in [2.45, 2.75) is 76.8 Å². The third-order valence-corrected chi connectivity index (χ3v) is 3.91. The first-order valence-corrected chi connectivity index (χ1v) is 7.80. The lowest BCUT2D eigenvalue weighted by atomic mass is 9.95. The third-order valence-electron chi connectivity index (χ3n) is 3.91. The van der Waals surface area contributed by atoms with Gasteiger partial charge < -0.3 is 20.1 Å². The summed E-state index contributed by atoms with van der Waals surface area (Å²) in [5.41, 5.74) is 0. The van der Waals surface area contributed by atoms with Crippen LogP contribution in [-0.2, 0) is 9.53 Å². The van der Waals surface area contributed by atoms with Gasteiger partial charge in [-0.05, 0) is 38.5 Å². The first kappa shape index (κ1) is 18.1. The zero-order valence-corrected chi connectivity index (χ0v) is 12.9. The summed E-state index contributed by atoms with van der Waals surface area (Å²) >= 11 is 0. The Balaban J connectivity index is 2.70. The molecule has 1 rings (SSSR count). The first-order valence-electron chi connectivity index (χ1n) is 7.80. The molecule has 5 heteroatoms. The van der Waals surface area contributed by atoms with E-state index in [1.165, 1.54) is 6.92 Å². The van der Waals surface area contributed by atoms with Crippen molar-refractivity contribution in [2.75, 3.05) is 0 Å². The zero-order valence-electron chi connectivity index (χ0n) is 12.9. The van der Waals surface area contributed by atoms with E-state index in [1.54, 1.807) is 0 Å². The number of aliphatic hydroxyl groups excluding tert-OH is 3. The second-order valence-electron chi connectivity index (χ2n) is 6.03. The lowest BCUT2D eigenvalue weighted by Crippen LogP contribution is -2.45. The molecule has 0 aliphatic carbocycles. The van der Waals surface area contributed by atoms with Crippen molar-refractivity contribution in [2.24, 2.45) is 5.92 Å². The van der Waals surface area contributed by atoms with E-state index in [9.17, 15) is 20.1 Å². The Morgan fingerprint density at radius 1 is 1.24 bits per heavy atom. The van der Waals surface area contributed by atoms with E-state index in [2.05, 4.69) is 13.0 Å². The summed E-state index contributed by atoms with van der Waals surface area (Å²) in [4.78, 5) is 11.8. The van der Waals surface area contributed by atoms with Gasteiger partial charge in [-0.3, -0.25) is 4.79 Å². The van der Waals surface area contributed by atoms with Gasteiger partial charge in [-0.15, -0.1) is 0 Å². The van der Waals surface area contributed by atoms with Crippen molar-refractivity contribution in [3.8, 4) is 0 Å². The molecule has 0 fully saturated rings. The molecule has 1 aliphatic heterocycles. The minimum absolute atomic E-state index is 0.263. The summed E-state index contributed by atoms with van der Waals surface area (Å²) < 4.78 is 5.30. The Kier molecular flexibility index (Phi) is 7.93. The van der Waals surface area contributed by atoms with E-state index in [-0.39, 0.29) is 12.4 Å². The minimum atomic E-state index is -1.31. The second kappa shape index (κ2) is 9.18. The summed E-state index contributed by atoms with van der Waals surface area (Å²) in [6, 6.07) is 0. The molecule has 5 nitrogen and oxygen atoms in total. The SMILES string of the molecule is CC1CC=CCCC(=O)OC(C(O)C(O)C(C)O)CCC1. The van der Waals surface area contributed by atoms with Crippen molar-refractivity contribution >= 4 is 5.97 Å². The van der Waals surface area contributed by atoms with Crippen LogP contribution in [0.3, 0.4) is 0 Å². The van der Waals surface area contributed by atoms with Gasteiger partial charge in [0, 0.05) is 6.42 Å². The van der Waals surface area contributed by atoms with Crippen LogP contribution in [0.5, 0.6) is 0 Å². The van der Waals surface area contributed by atoms with Crippen molar-refractivity contribution in [3.63, 3.8) is 0 Å². The van der Waals surface area contributed by atoms with E-state index in [4.69, 9.17) is 4.74 Å². The largest absolute Gasteiger partial charge is 0.459 e. The van der Waals surface area contributed by atoms with Gasteiger partial charge in [-0.25, -0.2) is 0 Å². The van der Waals surface area contributed by atoms with Crippen LogP contribution in [0.15, 0.2) is 12.2 Å². The van der Waals surface area contributed by atoms with Crippen molar-refractivity contribution in [3.05, 3.63) is 12.2 Å². The van der Waals surface area contributed by atoms with E-state index < -0.39 is 24.4 Å². The zero-order chi connectivity index (χ0) is 15.8. The summed E-state index contributed by atoms with van der Waals surface area (Å²) in [5, 5.41) is 29.3. The van der Waals surface area contributed by atoms with Gasteiger partial charge in [0.15, 0.2) is 0 Å². The highest BCUT2D eigenvalue weighted by Gasteiger charge is 2.31. The molecule has 0 amide bonds. The molecule has 0 saturated carbocycles. The molecule has 21 heavy (non-hydrogen) atoms. The first-order chi connectivity index (χ1) is 9.91. The Bertz CT molecular complexity index is 340. The number of aliphatic hydroxyl groups is 3. The molecule has 0 saturated heterocycles.